The lowest BCUT2D eigenvalue weighted by Gasteiger charge is -2.27. The molecule has 0 amide bonds. The van der Waals surface area contributed by atoms with E-state index in [0.717, 1.165) is 25.9 Å². The Morgan fingerprint density at radius 3 is 2.63 bits per heavy atom. The Labute approximate surface area is 176 Å². The van der Waals surface area contributed by atoms with E-state index in [1.54, 1.807) is 0 Å². The van der Waals surface area contributed by atoms with Gasteiger partial charge in [-0.1, -0.05) is 18.9 Å². The highest BCUT2D eigenvalue weighted by Crippen LogP contribution is 2.30. The predicted molar refractivity (Wildman–Crippen MR) is 107 cm³/mol. The van der Waals surface area contributed by atoms with Crippen molar-refractivity contribution < 1.29 is 27.8 Å². The maximum absolute atomic E-state index is 14.4. The van der Waals surface area contributed by atoms with Gasteiger partial charge in [0.15, 0.2) is 11.6 Å². The number of ether oxygens (including phenoxy) is 3. The van der Waals surface area contributed by atoms with Gasteiger partial charge < -0.3 is 19.5 Å². The number of benzene rings is 1. The number of morpholine rings is 1. The highest BCUT2D eigenvalue weighted by atomic mass is 19.2. The number of halogens is 2. The smallest absolute Gasteiger partial charge is 0.326 e. The molecule has 9 heteroatoms. The van der Waals surface area contributed by atoms with Crippen LogP contribution in [0.3, 0.4) is 0 Å². The van der Waals surface area contributed by atoms with Crippen molar-refractivity contribution in [3.05, 3.63) is 29.3 Å². The molecule has 1 heterocycles. The molecule has 0 radical (unpaired) electrons. The van der Waals surface area contributed by atoms with E-state index in [1.807, 2.05) is 0 Å². The summed E-state index contributed by atoms with van der Waals surface area (Å²) in [5.41, 5.74) is -0.489. The van der Waals surface area contributed by atoms with Crippen LogP contribution in [0.15, 0.2) is 12.1 Å². The van der Waals surface area contributed by atoms with Gasteiger partial charge in [-0.05, 0) is 18.9 Å². The van der Waals surface area contributed by atoms with Gasteiger partial charge in [0.1, 0.15) is 12.1 Å². The second kappa shape index (κ2) is 11.0. The predicted octanol–water partition coefficient (Wildman–Crippen LogP) is 1.80. The molecule has 0 atom stereocenters. The van der Waals surface area contributed by atoms with Crippen molar-refractivity contribution in [2.24, 2.45) is 0 Å². The summed E-state index contributed by atoms with van der Waals surface area (Å²) < 4.78 is 44.4. The minimum atomic E-state index is -0.980. The summed E-state index contributed by atoms with van der Waals surface area (Å²) in [6.45, 7) is 4.33. The van der Waals surface area contributed by atoms with Crippen molar-refractivity contribution >= 4 is 5.97 Å². The minimum absolute atomic E-state index is 0.0850. The van der Waals surface area contributed by atoms with Crippen LogP contribution < -0.4 is 15.4 Å². The second-order valence-electron chi connectivity index (χ2n) is 7.71. The second-order valence-corrected chi connectivity index (χ2v) is 7.71. The Morgan fingerprint density at radius 2 is 1.93 bits per heavy atom. The quantitative estimate of drug-likeness (QED) is 0.335. The molecular weight excluding hydrogens is 396 g/mol. The van der Waals surface area contributed by atoms with Gasteiger partial charge in [-0.2, -0.15) is 4.39 Å². The number of carbonyl (C=O) groups is 1. The number of nitrogens with one attached hydrogen (secondary N) is 2. The molecular formula is C21H31F2N3O4. The molecule has 1 aromatic rings. The summed E-state index contributed by atoms with van der Waals surface area (Å²) in [6.07, 6.45) is 3.32. The fraction of sp³-hybridized carbons (Fsp3) is 0.667. The zero-order valence-electron chi connectivity index (χ0n) is 17.5. The molecule has 1 aromatic carbocycles. The fourth-order valence-corrected chi connectivity index (χ4v) is 3.99. The monoisotopic (exact) mass is 427 g/mol. The lowest BCUT2D eigenvalue weighted by atomic mass is 9.98. The van der Waals surface area contributed by atoms with E-state index in [-0.39, 0.29) is 37.1 Å². The highest BCUT2D eigenvalue weighted by molar-refractivity contribution is 5.81. The number of carbonyl (C=O) groups excluding carboxylic acids is 1. The first-order valence-corrected chi connectivity index (χ1v) is 10.5. The average Bonchev–Trinajstić information content (AvgIpc) is 3.25. The third kappa shape index (κ3) is 5.66. The van der Waals surface area contributed by atoms with E-state index in [9.17, 15) is 13.6 Å². The lowest BCUT2D eigenvalue weighted by Crippen LogP contribution is -2.53. The molecule has 1 aliphatic heterocycles. The molecule has 1 aliphatic carbocycles. The van der Waals surface area contributed by atoms with Crippen molar-refractivity contribution in [1.29, 1.82) is 0 Å². The first-order valence-electron chi connectivity index (χ1n) is 10.5. The Hall–Kier alpha value is -1.81. The molecule has 7 nitrogen and oxygen atoms in total. The van der Waals surface area contributed by atoms with Gasteiger partial charge in [-0.25, -0.2) is 4.39 Å². The van der Waals surface area contributed by atoms with E-state index >= 15 is 0 Å². The van der Waals surface area contributed by atoms with E-state index in [1.165, 1.54) is 19.2 Å². The van der Waals surface area contributed by atoms with Gasteiger partial charge in [0.25, 0.3) is 0 Å². The van der Waals surface area contributed by atoms with E-state index in [4.69, 9.17) is 14.2 Å². The number of hydrogen-bond acceptors (Lipinski definition) is 7. The summed E-state index contributed by atoms with van der Waals surface area (Å²) in [5, 5.41) is 6.20. The molecule has 0 unspecified atom stereocenters. The molecule has 2 fully saturated rings. The normalized spacial score (nSPS) is 19.0. The van der Waals surface area contributed by atoms with Gasteiger partial charge in [0, 0.05) is 38.4 Å². The van der Waals surface area contributed by atoms with Gasteiger partial charge in [0.05, 0.1) is 20.3 Å². The maximum Gasteiger partial charge on any atom is 0.326 e. The van der Waals surface area contributed by atoms with Gasteiger partial charge in [-0.3, -0.25) is 15.0 Å². The minimum Gasteiger partial charge on any atom is -0.489 e. The summed E-state index contributed by atoms with van der Waals surface area (Å²) in [4.78, 5) is 14.2. The van der Waals surface area contributed by atoms with Crippen molar-refractivity contribution in [3.63, 3.8) is 0 Å². The summed E-state index contributed by atoms with van der Waals surface area (Å²) in [5.74, 6) is -2.27. The molecule has 1 saturated carbocycles. The third-order valence-electron chi connectivity index (χ3n) is 5.80. The van der Waals surface area contributed by atoms with Crippen LogP contribution in [-0.4, -0.2) is 69.6 Å². The van der Waals surface area contributed by atoms with Gasteiger partial charge in [-0.15, -0.1) is 0 Å². The number of hydrogen-bond donors (Lipinski definition) is 2. The first-order chi connectivity index (χ1) is 14.6. The van der Waals surface area contributed by atoms with Crippen LogP contribution in [0.1, 0.15) is 31.2 Å². The molecule has 1 saturated heterocycles. The van der Waals surface area contributed by atoms with E-state index in [0.29, 0.717) is 32.6 Å². The molecule has 3 rings (SSSR count). The Bertz CT molecular complexity index is 708. The van der Waals surface area contributed by atoms with Crippen molar-refractivity contribution in [2.45, 2.75) is 37.8 Å². The van der Waals surface area contributed by atoms with Crippen LogP contribution in [0.25, 0.3) is 0 Å². The molecule has 30 heavy (non-hydrogen) atoms. The molecule has 0 spiro atoms. The van der Waals surface area contributed by atoms with Gasteiger partial charge >= 0.3 is 5.97 Å². The highest BCUT2D eigenvalue weighted by Gasteiger charge is 2.41. The first kappa shape index (κ1) is 22.9. The summed E-state index contributed by atoms with van der Waals surface area (Å²) in [7, 11) is 1.38. The van der Waals surface area contributed by atoms with Crippen LogP contribution in [0, 0.1) is 11.6 Å². The Morgan fingerprint density at radius 1 is 1.20 bits per heavy atom. The number of methoxy groups -OCH3 is 1. The molecule has 2 aliphatic rings. The van der Waals surface area contributed by atoms with Crippen LogP contribution in [-0.2, 0) is 20.8 Å². The van der Waals surface area contributed by atoms with Crippen LogP contribution in [0.4, 0.5) is 8.78 Å². The van der Waals surface area contributed by atoms with E-state index in [2.05, 4.69) is 15.5 Å². The molecule has 2 N–H and O–H groups in total. The Balaban J connectivity index is 1.46. The average molecular weight is 427 g/mol. The largest absolute Gasteiger partial charge is 0.489 e. The zero-order chi connectivity index (χ0) is 21.4. The molecule has 0 aromatic heterocycles. The zero-order valence-corrected chi connectivity index (χ0v) is 17.5. The van der Waals surface area contributed by atoms with Crippen LogP contribution in [0.5, 0.6) is 5.75 Å². The van der Waals surface area contributed by atoms with Crippen LogP contribution >= 0.6 is 0 Å². The van der Waals surface area contributed by atoms with Crippen molar-refractivity contribution in [2.75, 3.05) is 53.2 Å². The standard InChI is InChI=1S/C21H31F2N3O4/c1-28-20(27)21(6-2-3-7-21)25-15-24-14-16-4-5-17(19(23)18(16)22)30-13-10-26-8-11-29-12-9-26/h4-5,24-25H,2-3,6-15H2,1H3. The maximum atomic E-state index is 14.4. The Kier molecular flexibility index (Phi) is 8.38. The topological polar surface area (TPSA) is 72.1 Å². The van der Waals surface area contributed by atoms with Gasteiger partial charge in [0.2, 0.25) is 5.82 Å². The van der Waals surface area contributed by atoms with Crippen molar-refractivity contribution in [3.8, 4) is 5.75 Å². The van der Waals surface area contributed by atoms with E-state index < -0.39 is 17.2 Å². The van der Waals surface area contributed by atoms with Crippen molar-refractivity contribution in [1.82, 2.24) is 15.5 Å². The number of esters is 1. The third-order valence-corrected chi connectivity index (χ3v) is 5.80. The number of nitrogens with zero attached hydrogens (tertiary/aromatic N) is 1. The molecule has 168 valence electrons. The SMILES string of the molecule is COC(=O)C1(NCNCc2ccc(OCCN3CCOCC3)c(F)c2F)CCCC1. The fourth-order valence-electron chi connectivity index (χ4n) is 3.99. The van der Waals surface area contributed by atoms with Crippen LogP contribution in [0.2, 0.25) is 0 Å². The summed E-state index contributed by atoms with van der Waals surface area (Å²) in [6, 6.07) is 2.97. The lowest BCUT2D eigenvalue weighted by molar-refractivity contribution is -0.148. The molecule has 0 bridgehead atoms. The summed E-state index contributed by atoms with van der Waals surface area (Å²) >= 11 is 0. The number of rotatable bonds is 10.